The number of carbonyl (C=O) groups excluding carboxylic acids is 1. The van der Waals surface area contributed by atoms with E-state index < -0.39 is 10.0 Å². The summed E-state index contributed by atoms with van der Waals surface area (Å²) in [4.78, 5) is 15.5. The van der Waals surface area contributed by atoms with Crippen LogP contribution in [-0.2, 0) is 21.2 Å². The van der Waals surface area contributed by atoms with E-state index in [1.807, 2.05) is 0 Å². The van der Waals surface area contributed by atoms with Gasteiger partial charge in [0.15, 0.2) is 5.13 Å². The maximum atomic E-state index is 11.5. The number of aliphatic hydroxyl groups is 1. The first-order chi connectivity index (χ1) is 8.90. The Kier molecular flexibility index (Phi) is 6.19. The van der Waals surface area contributed by atoms with Gasteiger partial charge in [0.05, 0.1) is 18.4 Å². The molecule has 0 atom stereocenters. The van der Waals surface area contributed by atoms with Gasteiger partial charge in [0.1, 0.15) is 0 Å². The van der Waals surface area contributed by atoms with E-state index in [-0.39, 0.29) is 24.1 Å². The fourth-order valence-corrected chi connectivity index (χ4v) is 2.85. The van der Waals surface area contributed by atoms with Gasteiger partial charge in [-0.05, 0) is 12.8 Å². The van der Waals surface area contributed by atoms with Gasteiger partial charge in [0.2, 0.25) is 15.9 Å². The number of aliphatic hydroxyl groups excluding tert-OH is 1. The summed E-state index contributed by atoms with van der Waals surface area (Å²) in [6.45, 7) is 0.625. The molecule has 108 valence electrons. The lowest BCUT2D eigenvalue weighted by atomic mass is 10.3. The zero-order valence-corrected chi connectivity index (χ0v) is 12.2. The number of carbonyl (C=O) groups is 1. The number of sulfonamides is 1. The number of unbranched alkanes of at least 4 members (excludes halogenated alkanes) is 1. The maximum Gasteiger partial charge on any atom is 0.231 e. The molecule has 1 aromatic rings. The van der Waals surface area contributed by atoms with Gasteiger partial charge >= 0.3 is 0 Å². The van der Waals surface area contributed by atoms with Gasteiger partial charge in [0, 0.05) is 18.5 Å². The first-order valence-electron chi connectivity index (χ1n) is 5.70. The summed E-state index contributed by atoms with van der Waals surface area (Å²) in [7, 11) is -3.34. The lowest BCUT2D eigenvalue weighted by molar-refractivity contribution is -0.120. The third kappa shape index (κ3) is 7.09. The second-order valence-corrected chi connectivity index (χ2v) is 6.58. The van der Waals surface area contributed by atoms with Crippen LogP contribution in [0, 0.1) is 0 Å². The Morgan fingerprint density at radius 2 is 2.21 bits per heavy atom. The molecule has 0 radical (unpaired) electrons. The van der Waals surface area contributed by atoms with Crippen molar-refractivity contribution < 1.29 is 18.3 Å². The second-order valence-electron chi connectivity index (χ2n) is 3.98. The number of hydrogen-bond acceptors (Lipinski definition) is 6. The average molecular weight is 307 g/mol. The molecule has 7 nitrogen and oxygen atoms in total. The maximum absolute atomic E-state index is 11.5. The van der Waals surface area contributed by atoms with Crippen LogP contribution in [0.2, 0.25) is 0 Å². The number of thiazole rings is 1. The Morgan fingerprint density at radius 3 is 2.84 bits per heavy atom. The van der Waals surface area contributed by atoms with Gasteiger partial charge in [-0.1, -0.05) is 0 Å². The Bertz CT molecular complexity index is 513. The van der Waals surface area contributed by atoms with E-state index >= 15 is 0 Å². The summed E-state index contributed by atoms with van der Waals surface area (Å²) in [5.74, 6) is -0.172. The standard InChI is InChI=1S/C10H17N3O4S2/c1-19(16,17)13-10-12-8(7-18-10)6-9(15)11-4-2-3-5-14/h7,14H,2-6H2,1H3,(H,11,15)(H,12,13). The second kappa shape index (κ2) is 7.41. The topological polar surface area (TPSA) is 108 Å². The van der Waals surface area contributed by atoms with Crippen molar-refractivity contribution in [3.8, 4) is 0 Å². The molecule has 0 aromatic carbocycles. The third-order valence-electron chi connectivity index (χ3n) is 2.07. The Morgan fingerprint density at radius 1 is 1.47 bits per heavy atom. The zero-order valence-electron chi connectivity index (χ0n) is 10.5. The van der Waals surface area contributed by atoms with E-state index in [0.717, 1.165) is 24.0 Å². The van der Waals surface area contributed by atoms with E-state index in [1.165, 1.54) is 0 Å². The number of anilines is 1. The minimum absolute atomic E-state index is 0.112. The van der Waals surface area contributed by atoms with Crippen LogP contribution in [0.15, 0.2) is 5.38 Å². The number of amides is 1. The molecule has 9 heteroatoms. The highest BCUT2D eigenvalue weighted by Gasteiger charge is 2.09. The summed E-state index contributed by atoms with van der Waals surface area (Å²) in [6, 6.07) is 0. The molecule has 19 heavy (non-hydrogen) atoms. The molecule has 0 fully saturated rings. The van der Waals surface area contributed by atoms with Gasteiger partial charge in [-0.25, -0.2) is 13.4 Å². The molecule has 1 amide bonds. The van der Waals surface area contributed by atoms with Crippen molar-refractivity contribution in [1.29, 1.82) is 0 Å². The molecule has 3 N–H and O–H groups in total. The summed E-state index contributed by atoms with van der Waals surface area (Å²) in [6.07, 6.45) is 2.53. The van der Waals surface area contributed by atoms with Crippen LogP contribution in [0.4, 0.5) is 5.13 Å². The van der Waals surface area contributed by atoms with E-state index in [4.69, 9.17) is 5.11 Å². The Balaban J connectivity index is 2.39. The highest BCUT2D eigenvalue weighted by Crippen LogP contribution is 2.16. The molecule has 0 bridgehead atoms. The normalized spacial score (nSPS) is 11.3. The van der Waals surface area contributed by atoms with E-state index in [1.54, 1.807) is 5.38 Å². The molecule has 0 saturated carbocycles. The number of aromatic nitrogens is 1. The van der Waals surface area contributed by atoms with E-state index in [0.29, 0.717) is 18.7 Å². The molecule has 0 aliphatic heterocycles. The molecule has 1 rings (SSSR count). The average Bonchev–Trinajstić information content (AvgIpc) is 2.69. The van der Waals surface area contributed by atoms with Crippen LogP contribution in [0.1, 0.15) is 18.5 Å². The van der Waals surface area contributed by atoms with Crippen molar-refractivity contribution in [2.45, 2.75) is 19.3 Å². The number of nitrogens with zero attached hydrogens (tertiary/aromatic N) is 1. The fourth-order valence-electron chi connectivity index (χ4n) is 1.29. The fraction of sp³-hybridized carbons (Fsp3) is 0.600. The molecule has 0 spiro atoms. The summed E-state index contributed by atoms with van der Waals surface area (Å²) in [5, 5.41) is 13.2. The molecule has 0 unspecified atom stereocenters. The summed E-state index contributed by atoms with van der Waals surface area (Å²) >= 11 is 1.14. The minimum atomic E-state index is -3.34. The smallest absolute Gasteiger partial charge is 0.231 e. The SMILES string of the molecule is CS(=O)(=O)Nc1nc(CC(=O)NCCCCO)cs1. The van der Waals surface area contributed by atoms with Crippen molar-refractivity contribution in [3.05, 3.63) is 11.1 Å². The van der Waals surface area contributed by atoms with Crippen LogP contribution in [0.25, 0.3) is 0 Å². The Hall–Kier alpha value is -1.19. The monoisotopic (exact) mass is 307 g/mol. The van der Waals surface area contributed by atoms with Crippen LogP contribution in [0.3, 0.4) is 0 Å². The predicted octanol–water partition coefficient (Wildman–Crippen LogP) is -0.0542. The molecule has 0 saturated heterocycles. The zero-order chi connectivity index (χ0) is 14.3. The van der Waals surface area contributed by atoms with Gasteiger partial charge in [-0.3, -0.25) is 9.52 Å². The molecule has 0 aliphatic rings. The largest absolute Gasteiger partial charge is 0.396 e. The van der Waals surface area contributed by atoms with Crippen LogP contribution < -0.4 is 10.0 Å². The first-order valence-corrected chi connectivity index (χ1v) is 8.47. The van der Waals surface area contributed by atoms with Gasteiger partial charge < -0.3 is 10.4 Å². The lowest BCUT2D eigenvalue weighted by Crippen LogP contribution is -2.26. The van der Waals surface area contributed by atoms with Crippen molar-refractivity contribution in [3.63, 3.8) is 0 Å². The summed E-state index contributed by atoms with van der Waals surface area (Å²) < 4.78 is 24.2. The van der Waals surface area contributed by atoms with Gasteiger partial charge in [-0.2, -0.15) is 0 Å². The predicted molar refractivity (Wildman–Crippen MR) is 73.6 cm³/mol. The minimum Gasteiger partial charge on any atom is -0.396 e. The third-order valence-corrected chi connectivity index (χ3v) is 3.57. The van der Waals surface area contributed by atoms with Gasteiger partial charge in [0.25, 0.3) is 0 Å². The molecule has 0 aliphatic carbocycles. The van der Waals surface area contributed by atoms with Crippen molar-refractivity contribution >= 4 is 32.4 Å². The summed E-state index contributed by atoms with van der Waals surface area (Å²) in [5.41, 5.74) is 0.524. The number of rotatable bonds is 8. The molecule has 1 heterocycles. The number of nitrogens with one attached hydrogen (secondary N) is 2. The van der Waals surface area contributed by atoms with Crippen LogP contribution >= 0.6 is 11.3 Å². The number of hydrogen-bond donors (Lipinski definition) is 3. The highest BCUT2D eigenvalue weighted by atomic mass is 32.2. The van der Waals surface area contributed by atoms with Gasteiger partial charge in [-0.15, -0.1) is 11.3 Å². The van der Waals surface area contributed by atoms with E-state index in [2.05, 4.69) is 15.0 Å². The molecular weight excluding hydrogens is 290 g/mol. The van der Waals surface area contributed by atoms with Crippen LogP contribution in [0.5, 0.6) is 0 Å². The molecular formula is C10H17N3O4S2. The first kappa shape index (κ1) is 15.9. The quantitative estimate of drug-likeness (QED) is 0.583. The van der Waals surface area contributed by atoms with Crippen molar-refractivity contribution in [2.24, 2.45) is 0 Å². The van der Waals surface area contributed by atoms with Crippen molar-refractivity contribution in [2.75, 3.05) is 24.1 Å². The Labute approximate surface area is 116 Å². The van der Waals surface area contributed by atoms with E-state index in [9.17, 15) is 13.2 Å². The van der Waals surface area contributed by atoms with Crippen LogP contribution in [-0.4, -0.2) is 43.8 Å². The molecule has 1 aromatic heterocycles. The lowest BCUT2D eigenvalue weighted by Gasteiger charge is -2.02. The highest BCUT2D eigenvalue weighted by molar-refractivity contribution is 7.92. The van der Waals surface area contributed by atoms with Crippen molar-refractivity contribution in [1.82, 2.24) is 10.3 Å².